The zero-order chi connectivity index (χ0) is 49.1. The molecule has 1 aromatic carbocycles. The summed E-state index contributed by atoms with van der Waals surface area (Å²) >= 11 is 0. The minimum atomic E-state index is -0.573. The van der Waals surface area contributed by atoms with E-state index in [0.29, 0.717) is 88.0 Å². The number of ether oxygens (including phenoxy) is 10. The molecule has 2 heterocycles. The summed E-state index contributed by atoms with van der Waals surface area (Å²) in [4.78, 5) is 57.9. The Morgan fingerprint density at radius 1 is 0.515 bits per heavy atom. The zero-order valence-corrected chi connectivity index (χ0v) is 41.6. The maximum Gasteiger partial charge on any atom is 0.328 e. The van der Waals surface area contributed by atoms with E-state index in [1.165, 1.54) is 0 Å². The molecule has 22 heteroatoms. The summed E-state index contributed by atoms with van der Waals surface area (Å²) in [6.45, 7) is 22.7. The van der Waals surface area contributed by atoms with Crippen LogP contribution in [-0.4, -0.2) is 150 Å². The van der Waals surface area contributed by atoms with Crippen molar-refractivity contribution in [3.8, 4) is 23.5 Å². The lowest BCUT2D eigenvalue weighted by atomic mass is 9.91. The molecule has 22 nitrogen and oxygen atoms in total. The fourth-order valence-corrected chi connectivity index (χ4v) is 4.70. The fraction of sp³-hybridized carbons (Fsp3) is 0.682. The van der Waals surface area contributed by atoms with E-state index in [0.717, 1.165) is 0 Å². The lowest BCUT2D eigenvalue weighted by molar-refractivity contribution is -0.154. The number of hydrogen-bond donors (Lipinski definition) is 0. The largest absolute Gasteiger partial charge is 0.462 e. The minimum absolute atomic E-state index is 0.0582. The van der Waals surface area contributed by atoms with Crippen molar-refractivity contribution >= 4 is 35.7 Å². The molecule has 0 saturated heterocycles. The van der Waals surface area contributed by atoms with Crippen LogP contribution in [0.5, 0.6) is 23.5 Å². The molecule has 0 unspecified atom stereocenters. The summed E-state index contributed by atoms with van der Waals surface area (Å²) in [6, 6.07) is 6.88. The third-order valence-corrected chi connectivity index (χ3v) is 9.55. The number of aromatic nitrogens is 6. The van der Waals surface area contributed by atoms with Crippen molar-refractivity contribution < 1.29 is 57.0 Å². The molecule has 0 amide bonds. The highest BCUT2D eigenvalue weighted by Crippen LogP contribution is 2.28. The Morgan fingerprint density at radius 2 is 0.909 bits per heavy atom. The molecular weight excluding hydrogens is 861 g/mol. The molecule has 0 radical (unpaired) electrons. The summed E-state index contributed by atoms with van der Waals surface area (Å²) < 4.78 is 55.0. The molecular formula is C44H74N10O12. The first-order valence-corrected chi connectivity index (χ1v) is 22.1. The number of carbonyl (C=O) groups is 2. The number of methoxy groups -OCH3 is 2. The third kappa shape index (κ3) is 19.7. The van der Waals surface area contributed by atoms with Crippen LogP contribution in [0.2, 0.25) is 0 Å². The van der Waals surface area contributed by atoms with Gasteiger partial charge < -0.3 is 57.2 Å². The van der Waals surface area contributed by atoms with Crippen LogP contribution in [-0.2, 0) is 42.7 Å². The summed E-state index contributed by atoms with van der Waals surface area (Å²) in [7, 11) is 6.74. The van der Waals surface area contributed by atoms with Crippen molar-refractivity contribution in [3.05, 3.63) is 24.3 Å². The molecule has 0 aliphatic rings. The molecule has 0 aliphatic carbocycles. The van der Waals surface area contributed by atoms with Crippen LogP contribution >= 0.6 is 0 Å². The van der Waals surface area contributed by atoms with Gasteiger partial charge in [-0.2, -0.15) is 29.9 Å². The molecule has 0 fully saturated rings. The molecule has 0 aliphatic heterocycles. The van der Waals surface area contributed by atoms with E-state index in [4.69, 9.17) is 47.4 Å². The van der Waals surface area contributed by atoms with Crippen molar-refractivity contribution in [1.29, 1.82) is 0 Å². The Balaban J connectivity index is 0.000000485. The molecule has 0 atom stereocenters. The topological polar surface area (TPSA) is 217 Å². The first kappa shape index (κ1) is 56.9. The zero-order valence-electron chi connectivity index (χ0n) is 41.6. The van der Waals surface area contributed by atoms with Gasteiger partial charge in [-0.1, -0.05) is 13.8 Å². The number of esters is 2. The van der Waals surface area contributed by atoms with Gasteiger partial charge in [0.05, 0.1) is 10.8 Å². The van der Waals surface area contributed by atoms with E-state index in [1.807, 2.05) is 69.2 Å². The lowest BCUT2D eigenvalue weighted by Crippen LogP contribution is -2.34. The second kappa shape index (κ2) is 30.1. The van der Waals surface area contributed by atoms with Gasteiger partial charge in [0.1, 0.15) is 65.1 Å². The van der Waals surface area contributed by atoms with Gasteiger partial charge in [-0.15, -0.1) is 0 Å². The Labute approximate surface area is 390 Å². The SMILES string of the molecule is CCC(C)(C)C(=O)OCCOc1nc(N(C)COC)nc(N(C)COC)n1.CCOCN(COCC)c1nc(Oc2ccc(OC(=O)C(C)(C)CC)cc2)nc(N(COCC)COCC)n1. The molecule has 0 bridgehead atoms. The normalized spacial score (nSPS) is 11.3. The van der Waals surface area contributed by atoms with Crippen molar-refractivity contribution in [2.24, 2.45) is 10.8 Å². The number of hydrogen-bond acceptors (Lipinski definition) is 22. The van der Waals surface area contributed by atoms with Gasteiger partial charge in [-0.05, 0) is 92.5 Å². The summed E-state index contributed by atoms with van der Waals surface area (Å²) in [5.41, 5.74) is -1.09. The van der Waals surface area contributed by atoms with Gasteiger partial charge in [-0.25, -0.2) is 0 Å². The standard InChI is InChI=1S/C27H43N5O7.C17H31N5O5/c1-8-27(6,7)23(33)38-21-13-15-22(16-14-21)39-26-29-24(31(17-34-9-2)18-35-10-3)28-25(30-26)32(19-36-11-4)20-37-12-5;1-8-17(2,3)13(23)26-9-10-27-16-19-14(21(4)11-24-6)18-15(20-16)22(5)12-25-7/h13-16H,8-12,17-20H2,1-7H3;8-12H2,1-7H3. The fourth-order valence-electron chi connectivity index (χ4n) is 4.70. The second-order valence-electron chi connectivity index (χ2n) is 15.7. The van der Waals surface area contributed by atoms with Crippen LogP contribution in [0.4, 0.5) is 23.8 Å². The third-order valence-electron chi connectivity index (χ3n) is 9.55. The summed E-state index contributed by atoms with van der Waals surface area (Å²) in [5.74, 6) is 1.72. The number of nitrogens with zero attached hydrogens (tertiary/aromatic N) is 10. The van der Waals surface area contributed by atoms with Gasteiger partial charge in [-0.3, -0.25) is 19.4 Å². The average molecular weight is 935 g/mol. The Morgan fingerprint density at radius 3 is 1.32 bits per heavy atom. The molecule has 66 heavy (non-hydrogen) atoms. The molecule has 2 aromatic heterocycles. The Kier molecular flexibility index (Phi) is 25.9. The molecule has 0 N–H and O–H groups in total. The Hall–Kier alpha value is -5.26. The minimum Gasteiger partial charge on any atom is -0.462 e. The van der Waals surface area contributed by atoms with E-state index in [9.17, 15) is 9.59 Å². The summed E-state index contributed by atoms with van der Waals surface area (Å²) in [5, 5.41) is 0. The van der Waals surface area contributed by atoms with Gasteiger partial charge >= 0.3 is 24.0 Å². The molecule has 372 valence electrons. The lowest BCUT2D eigenvalue weighted by Gasteiger charge is -2.25. The first-order valence-electron chi connectivity index (χ1n) is 22.1. The van der Waals surface area contributed by atoms with Crippen molar-refractivity contribution in [1.82, 2.24) is 29.9 Å². The molecule has 3 rings (SSSR count). The Bertz CT molecular complexity index is 1760. The monoisotopic (exact) mass is 935 g/mol. The maximum atomic E-state index is 12.4. The molecule has 0 saturated carbocycles. The highest BCUT2D eigenvalue weighted by Gasteiger charge is 2.28. The number of rotatable bonds is 31. The van der Waals surface area contributed by atoms with Crippen molar-refractivity contribution in [3.63, 3.8) is 0 Å². The van der Waals surface area contributed by atoms with Crippen molar-refractivity contribution in [2.45, 2.75) is 82.1 Å². The highest BCUT2D eigenvalue weighted by molar-refractivity contribution is 5.78. The maximum absolute atomic E-state index is 12.4. The second-order valence-corrected chi connectivity index (χ2v) is 15.7. The van der Waals surface area contributed by atoms with Crippen molar-refractivity contribution in [2.75, 3.05) is 128 Å². The van der Waals surface area contributed by atoms with E-state index in [1.54, 1.807) is 72.2 Å². The van der Waals surface area contributed by atoms with Crippen LogP contribution in [0.25, 0.3) is 0 Å². The van der Waals surface area contributed by atoms with Crippen LogP contribution in [0, 0.1) is 10.8 Å². The average Bonchev–Trinajstić information content (AvgIpc) is 3.31. The van der Waals surface area contributed by atoms with Gasteiger partial charge in [0.15, 0.2) is 0 Å². The quantitative estimate of drug-likeness (QED) is 0.0317. The van der Waals surface area contributed by atoms with Gasteiger partial charge in [0.25, 0.3) is 0 Å². The number of benzene rings is 1. The molecule has 3 aromatic rings. The number of carbonyl (C=O) groups excluding carboxylic acids is 2. The van der Waals surface area contributed by atoms with E-state index >= 15 is 0 Å². The van der Waals surface area contributed by atoms with E-state index < -0.39 is 10.8 Å². The van der Waals surface area contributed by atoms with E-state index in [-0.39, 0.29) is 64.1 Å². The van der Waals surface area contributed by atoms with E-state index in [2.05, 4.69) is 29.9 Å². The van der Waals surface area contributed by atoms with Crippen LogP contribution in [0.1, 0.15) is 82.1 Å². The smallest absolute Gasteiger partial charge is 0.328 e. The predicted molar refractivity (Wildman–Crippen MR) is 248 cm³/mol. The number of anilines is 4. The highest BCUT2D eigenvalue weighted by atomic mass is 16.6. The first-order chi connectivity index (χ1) is 31.5. The van der Waals surface area contributed by atoms with Crippen LogP contribution in [0.15, 0.2) is 24.3 Å². The molecule has 0 spiro atoms. The van der Waals surface area contributed by atoms with Gasteiger partial charge in [0, 0.05) is 54.7 Å². The van der Waals surface area contributed by atoms with Crippen LogP contribution < -0.4 is 33.8 Å². The summed E-state index contributed by atoms with van der Waals surface area (Å²) in [6.07, 6.45) is 1.37. The van der Waals surface area contributed by atoms with Gasteiger partial charge in [0.2, 0.25) is 23.8 Å². The van der Waals surface area contributed by atoms with Crippen LogP contribution in [0.3, 0.4) is 0 Å². The predicted octanol–water partition coefficient (Wildman–Crippen LogP) is 5.90.